The van der Waals surface area contributed by atoms with Crippen LogP contribution in [0.2, 0.25) is 0 Å². The average Bonchev–Trinajstić information content (AvgIpc) is 2.51. The average molecular weight is 178 g/mol. The van der Waals surface area contributed by atoms with Gasteiger partial charge in [0, 0.05) is 22.7 Å². The Bertz CT molecular complexity index is 462. The summed E-state index contributed by atoms with van der Waals surface area (Å²) < 4.78 is 13.2. The van der Waals surface area contributed by atoms with Crippen molar-refractivity contribution in [2.45, 2.75) is 0 Å². The SMILES string of the molecule is ON=Cc1c[nH]c2cccc(F)c12. The van der Waals surface area contributed by atoms with Crippen LogP contribution in [-0.2, 0) is 0 Å². The van der Waals surface area contributed by atoms with Crippen LogP contribution in [0.3, 0.4) is 0 Å². The molecule has 2 rings (SSSR count). The smallest absolute Gasteiger partial charge is 0.133 e. The number of oxime groups is 1. The number of halogens is 1. The molecule has 0 atom stereocenters. The number of benzene rings is 1. The Balaban J connectivity index is 2.78. The lowest BCUT2D eigenvalue weighted by atomic mass is 10.2. The lowest BCUT2D eigenvalue weighted by Crippen LogP contribution is -1.81. The Morgan fingerprint density at radius 1 is 1.46 bits per heavy atom. The number of hydrogen-bond acceptors (Lipinski definition) is 2. The molecule has 0 amide bonds. The summed E-state index contributed by atoms with van der Waals surface area (Å²) in [6.45, 7) is 0. The van der Waals surface area contributed by atoms with Gasteiger partial charge in [0.05, 0.1) is 6.21 Å². The van der Waals surface area contributed by atoms with Crippen LogP contribution in [0.4, 0.5) is 4.39 Å². The molecule has 66 valence electrons. The number of nitrogens with one attached hydrogen (secondary N) is 1. The Kier molecular flexibility index (Phi) is 1.73. The summed E-state index contributed by atoms with van der Waals surface area (Å²) in [7, 11) is 0. The molecule has 0 fully saturated rings. The minimum absolute atomic E-state index is 0.325. The van der Waals surface area contributed by atoms with E-state index in [1.54, 1.807) is 18.3 Å². The van der Waals surface area contributed by atoms with E-state index < -0.39 is 0 Å². The van der Waals surface area contributed by atoms with Crippen molar-refractivity contribution in [3.05, 3.63) is 35.8 Å². The lowest BCUT2D eigenvalue weighted by molar-refractivity contribution is 0.322. The summed E-state index contributed by atoms with van der Waals surface area (Å²) in [4.78, 5) is 2.87. The van der Waals surface area contributed by atoms with Gasteiger partial charge in [-0.2, -0.15) is 0 Å². The van der Waals surface area contributed by atoms with Gasteiger partial charge in [0.25, 0.3) is 0 Å². The van der Waals surface area contributed by atoms with Gasteiger partial charge in [-0.1, -0.05) is 11.2 Å². The minimum Gasteiger partial charge on any atom is -0.411 e. The topological polar surface area (TPSA) is 48.4 Å². The van der Waals surface area contributed by atoms with Crippen LogP contribution in [0.1, 0.15) is 5.56 Å². The highest BCUT2D eigenvalue weighted by Crippen LogP contribution is 2.19. The van der Waals surface area contributed by atoms with Gasteiger partial charge in [0.2, 0.25) is 0 Å². The van der Waals surface area contributed by atoms with Gasteiger partial charge < -0.3 is 10.2 Å². The van der Waals surface area contributed by atoms with E-state index in [9.17, 15) is 4.39 Å². The van der Waals surface area contributed by atoms with Gasteiger partial charge in [0.15, 0.2) is 0 Å². The maximum Gasteiger partial charge on any atom is 0.133 e. The zero-order chi connectivity index (χ0) is 9.26. The standard InChI is InChI=1S/C9H7FN2O/c10-7-2-1-3-8-9(7)6(4-11-8)5-12-13/h1-5,11,13H. The van der Waals surface area contributed by atoms with Gasteiger partial charge in [0.1, 0.15) is 5.82 Å². The Morgan fingerprint density at radius 3 is 3.08 bits per heavy atom. The molecule has 0 aliphatic heterocycles. The fourth-order valence-electron chi connectivity index (χ4n) is 1.33. The highest BCUT2D eigenvalue weighted by molar-refractivity contribution is 5.99. The molecule has 4 heteroatoms. The minimum atomic E-state index is -0.325. The zero-order valence-corrected chi connectivity index (χ0v) is 6.66. The third-order valence-corrected chi connectivity index (χ3v) is 1.88. The van der Waals surface area contributed by atoms with E-state index in [2.05, 4.69) is 10.1 Å². The predicted molar refractivity (Wildman–Crippen MR) is 47.6 cm³/mol. The lowest BCUT2D eigenvalue weighted by Gasteiger charge is -1.92. The molecule has 3 nitrogen and oxygen atoms in total. The summed E-state index contributed by atoms with van der Waals surface area (Å²) in [5.41, 5.74) is 1.23. The van der Waals surface area contributed by atoms with E-state index >= 15 is 0 Å². The summed E-state index contributed by atoms with van der Waals surface area (Å²) in [5, 5.41) is 11.6. The van der Waals surface area contributed by atoms with E-state index in [4.69, 9.17) is 5.21 Å². The van der Waals surface area contributed by atoms with E-state index in [0.29, 0.717) is 16.5 Å². The maximum atomic E-state index is 13.2. The fourth-order valence-corrected chi connectivity index (χ4v) is 1.33. The number of nitrogens with zero attached hydrogens (tertiary/aromatic N) is 1. The molecule has 0 aliphatic carbocycles. The second-order valence-corrected chi connectivity index (χ2v) is 2.65. The Labute approximate surface area is 73.5 Å². The van der Waals surface area contributed by atoms with Crippen LogP contribution in [0, 0.1) is 5.82 Å². The molecule has 0 saturated carbocycles. The number of fused-ring (bicyclic) bond motifs is 1. The van der Waals surface area contributed by atoms with Gasteiger partial charge in [-0.15, -0.1) is 0 Å². The molecule has 0 spiro atoms. The van der Waals surface area contributed by atoms with Gasteiger partial charge in [-0.25, -0.2) is 4.39 Å². The second kappa shape index (κ2) is 2.90. The van der Waals surface area contributed by atoms with Crippen LogP contribution >= 0.6 is 0 Å². The van der Waals surface area contributed by atoms with Crippen molar-refractivity contribution < 1.29 is 9.60 Å². The molecule has 0 aliphatic rings. The maximum absolute atomic E-state index is 13.2. The third-order valence-electron chi connectivity index (χ3n) is 1.88. The molecule has 2 aromatic rings. The molecule has 1 aromatic heterocycles. The van der Waals surface area contributed by atoms with Crippen molar-refractivity contribution in [3.63, 3.8) is 0 Å². The largest absolute Gasteiger partial charge is 0.411 e. The first-order valence-corrected chi connectivity index (χ1v) is 3.76. The van der Waals surface area contributed by atoms with E-state index in [0.717, 1.165) is 0 Å². The van der Waals surface area contributed by atoms with Crippen molar-refractivity contribution in [3.8, 4) is 0 Å². The second-order valence-electron chi connectivity index (χ2n) is 2.65. The van der Waals surface area contributed by atoms with Gasteiger partial charge >= 0.3 is 0 Å². The van der Waals surface area contributed by atoms with Crippen molar-refractivity contribution in [2.24, 2.45) is 5.16 Å². The highest BCUT2D eigenvalue weighted by Gasteiger charge is 2.05. The van der Waals surface area contributed by atoms with E-state index in [1.807, 2.05) is 0 Å². The Morgan fingerprint density at radius 2 is 2.31 bits per heavy atom. The van der Waals surface area contributed by atoms with Crippen LogP contribution in [0.15, 0.2) is 29.6 Å². The molecule has 13 heavy (non-hydrogen) atoms. The first kappa shape index (κ1) is 7.79. The molecule has 0 bridgehead atoms. The molecular weight excluding hydrogens is 171 g/mol. The van der Waals surface area contributed by atoms with Crippen molar-refractivity contribution in [1.82, 2.24) is 4.98 Å². The first-order valence-electron chi connectivity index (χ1n) is 3.76. The molecular formula is C9H7FN2O. The summed E-state index contributed by atoms with van der Waals surface area (Å²) in [6.07, 6.45) is 2.79. The number of aromatic amines is 1. The van der Waals surface area contributed by atoms with Crippen molar-refractivity contribution in [2.75, 3.05) is 0 Å². The summed E-state index contributed by atoms with van der Waals surface area (Å²) >= 11 is 0. The normalized spacial score (nSPS) is 11.5. The first-order chi connectivity index (χ1) is 6.33. The van der Waals surface area contributed by atoms with Crippen molar-refractivity contribution in [1.29, 1.82) is 0 Å². The monoisotopic (exact) mass is 178 g/mol. The summed E-state index contributed by atoms with van der Waals surface area (Å²) in [5.74, 6) is -0.325. The van der Waals surface area contributed by atoms with Crippen LogP contribution < -0.4 is 0 Å². The number of hydrogen-bond donors (Lipinski definition) is 2. The number of aromatic nitrogens is 1. The quantitative estimate of drug-likeness (QED) is 0.392. The third kappa shape index (κ3) is 1.16. The fraction of sp³-hybridized carbons (Fsp3) is 0. The molecule has 0 unspecified atom stereocenters. The van der Waals surface area contributed by atoms with Crippen LogP contribution in [-0.4, -0.2) is 16.4 Å². The van der Waals surface area contributed by atoms with Crippen LogP contribution in [0.25, 0.3) is 10.9 Å². The van der Waals surface area contributed by atoms with E-state index in [-0.39, 0.29) is 5.82 Å². The molecule has 0 radical (unpaired) electrons. The molecule has 1 aromatic carbocycles. The number of rotatable bonds is 1. The molecule has 1 heterocycles. The van der Waals surface area contributed by atoms with Gasteiger partial charge in [-0.05, 0) is 12.1 Å². The van der Waals surface area contributed by atoms with E-state index in [1.165, 1.54) is 12.3 Å². The molecule has 0 saturated heterocycles. The number of H-pyrrole nitrogens is 1. The Hall–Kier alpha value is -1.84. The predicted octanol–water partition coefficient (Wildman–Crippen LogP) is 2.12. The highest BCUT2D eigenvalue weighted by atomic mass is 19.1. The summed E-state index contributed by atoms with van der Waals surface area (Å²) in [6, 6.07) is 4.74. The van der Waals surface area contributed by atoms with Crippen molar-refractivity contribution >= 4 is 17.1 Å². The van der Waals surface area contributed by atoms with Crippen LogP contribution in [0.5, 0.6) is 0 Å². The molecule has 2 N–H and O–H groups in total. The van der Waals surface area contributed by atoms with Gasteiger partial charge in [-0.3, -0.25) is 0 Å². The zero-order valence-electron chi connectivity index (χ0n) is 6.66.